The molecule has 2 rings (SSSR count). The first-order valence-electron chi connectivity index (χ1n) is 5.43. The van der Waals surface area contributed by atoms with Gasteiger partial charge in [-0.25, -0.2) is 0 Å². The molecular weight excluding hydrogens is 180 g/mol. The van der Waals surface area contributed by atoms with Crippen LogP contribution in [0, 0.1) is 0 Å². The lowest BCUT2D eigenvalue weighted by molar-refractivity contribution is 0.153. The number of nitrogens with two attached hydrogens (primary N) is 1. The van der Waals surface area contributed by atoms with Crippen molar-refractivity contribution >= 4 is 11.8 Å². The number of hydrogen-bond donors (Lipinski definition) is 1. The summed E-state index contributed by atoms with van der Waals surface area (Å²) in [5.74, 6) is 2.71. The third-order valence-electron chi connectivity index (χ3n) is 3.14. The van der Waals surface area contributed by atoms with Gasteiger partial charge >= 0.3 is 0 Å². The first kappa shape index (κ1) is 9.81. The minimum atomic E-state index is 0.445. The maximum atomic E-state index is 5.98. The normalized spacial score (nSPS) is 37.6. The molecule has 2 heterocycles. The molecule has 0 radical (unpaired) electrons. The molecule has 0 aliphatic carbocycles. The van der Waals surface area contributed by atoms with Crippen molar-refractivity contribution in [3.8, 4) is 0 Å². The van der Waals surface area contributed by atoms with Gasteiger partial charge in [-0.15, -0.1) is 0 Å². The third kappa shape index (κ3) is 2.61. The van der Waals surface area contributed by atoms with E-state index < -0.39 is 0 Å². The van der Waals surface area contributed by atoms with Gasteiger partial charge in [-0.1, -0.05) is 0 Å². The summed E-state index contributed by atoms with van der Waals surface area (Å²) in [4.78, 5) is 2.63. The molecular formula is C10H20N2S. The molecule has 13 heavy (non-hydrogen) atoms. The molecule has 2 fully saturated rings. The van der Waals surface area contributed by atoms with Crippen molar-refractivity contribution in [3.63, 3.8) is 0 Å². The molecule has 0 aromatic rings. The van der Waals surface area contributed by atoms with Gasteiger partial charge in [-0.3, -0.25) is 4.90 Å². The number of likely N-dealkylation sites (tertiary alicyclic amines) is 1. The monoisotopic (exact) mass is 200 g/mol. The van der Waals surface area contributed by atoms with Crippen molar-refractivity contribution in [1.82, 2.24) is 4.90 Å². The lowest BCUT2D eigenvalue weighted by atomic mass is 10.0. The van der Waals surface area contributed by atoms with Gasteiger partial charge in [-0.05, 0) is 38.0 Å². The Kier molecular flexibility index (Phi) is 3.52. The Bertz CT molecular complexity index is 157. The van der Waals surface area contributed by atoms with Crippen LogP contribution in [-0.2, 0) is 0 Å². The van der Waals surface area contributed by atoms with E-state index >= 15 is 0 Å². The standard InChI is InChI=1S/C10H20N2S/c11-9-3-1-5-12(7-9)10-4-2-6-13-8-10/h9-10H,1-8,11H2. The van der Waals surface area contributed by atoms with E-state index in [9.17, 15) is 0 Å². The average Bonchev–Trinajstić information content (AvgIpc) is 2.19. The molecule has 2 aliphatic rings. The Morgan fingerprint density at radius 2 is 2.15 bits per heavy atom. The van der Waals surface area contributed by atoms with Crippen molar-refractivity contribution in [2.45, 2.75) is 37.8 Å². The molecule has 2 unspecified atom stereocenters. The van der Waals surface area contributed by atoms with Gasteiger partial charge in [0.05, 0.1) is 0 Å². The highest BCUT2D eigenvalue weighted by molar-refractivity contribution is 7.99. The van der Waals surface area contributed by atoms with Crippen LogP contribution in [0.2, 0.25) is 0 Å². The van der Waals surface area contributed by atoms with Crippen LogP contribution < -0.4 is 5.73 Å². The SMILES string of the molecule is NC1CCCN(C2CCCSC2)C1. The number of nitrogens with zero attached hydrogens (tertiary/aromatic N) is 1. The lowest BCUT2D eigenvalue weighted by Crippen LogP contribution is -2.49. The van der Waals surface area contributed by atoms with Gasteiger partial charge in [0, 0.05) is 24.4 Å². The summed E-state index contributed by atoms with van der Waals surface area (Å²) in [7, 11) is 0. The van der Waals surface area contributed by atoms with E-state index in [2.05, 4.69) is 16.7 Å². The van der Waals surface area contributed by atoms with Crippen molar-refractivity contribution in [2.75, 3.05) is 24.6 Å². The van der Waals surface area contributed by atoms with Crippen LogP contribution in [-0.4, -0.2) is 41.6 Å². The summed E-state index contributed by atoms with van der Waals surface area (Å²) < 4.78 is 0. The zero-order chi connectivity index (χ0) is 9.10. The van der Waals surface area contributed by atoms with E-state index in [-0.39, 0.29) is 0 Å². The molecule has 2 saturated heterocycles. The molecule has 76 valence electrons. The van der Waals surface area contributed by atoms with Crippen LogP contribution >= 0.6 is 11.8 Å². The highest BCUT2D eigenvalue weighted by atomic mass is 32.2. The van der Waals surface area contributed by atoms with Gasteiger partial charge in [0.1, 0.15) is 0 Å². The van der Waals surface area contributed by atoms with Crippen LogP contribution in [0.5, 0.6) is 0 Å². The molecule has 2 atom stereocenters. The fraction of sp³-hybridized carbons (Fsp3) is 1.00. The molecule has 0 aromatic heterocycles. The van der Waals surface area contributed by atoms with Crippen molar-refractivity contribution in [1.29, 1.82) is 0 Å². The van der Waals surface area contributed by atoms with Gasteiger partial charge in [0.15, 0.2) is 0 Å². The molecule has 3 heteroatoms. The molecule has 0 aromatic carbocycles. The largest absolute Gasteiger partial charge is 0.327 e. The summed E-state index contributed by atoms with van der Waals surface area (Å²) in [6, 6.07) is 1.28. The first-order chi connectivity index (χ1) is 6.36. The van der Waals surface area contributed by atoms with Crippen molar-refractivity contribution in [2.24, 2.45) is 5.73 Å². The van der Waals surface area contributed by atoms with Crippen molar-refractivity contribution < 1.29 is 0 Å². The quantitative estimate of drug-likeness (QED) is 0.692. The van der Waals surface area contributed by atoms with E-state index in [4.69, 9.17) is 5.73 Å². The number of thioether (sulfide) groups is 1. The molecule has 2 nitrogen and oxygen atoms in total. The smallest absolute Gasteiger partial charge is 0.0187 e. The minimum Gasteiger partial charge on any atom is -0.327 e. The van der Waals surface area contributed by atoms with E-state index in [1.54, 1.807) is 0 Å². The second kappa shape index (κ2) is 4.67. The van der Waals surface area contributed by atoms with Gasteiger partial charge in [0.25, 0.3) is 0 Å². The summed E-state index contributed by atoms with van der Waals surface area (Å²) in [6.07, 6.45) is 5.35. The van der Waals surface area contributed by atoms with E-state index in [1.165, 1.54) is 43.7 Å². The van der Waals surface area contributed by atoms with Crippen molar-refractivity contribution in [3.05, 3.63) is 0 Å². The Balaban J connectivity index is 1.83. The average molecular weight is 200 g/mol. The molecule has 2 N–H and O–H groups in total. The highest BCUT2D eigenvalue weighted by Crippen LogP contribution is 2.23. The predicted molar refractivity (Wildman–Crippen MR) is 59.1 cm³/mol. The summed E-state index contributed by atoms with van der Waals surface area (Å²) in [5.41, 5.74) is 5.98. The first-order valence-corrected chi connectivity index (χ1v) is 6.59. The van der Waals surface area contributed by atoms with Crippen LogP contribution in [0.4, 0.5) is 0 Å². The van der Waals surface area contributed by atoms with Crippen LogP contribution in [0.15, 0.2) is 0 Å². The van der Waals surface area contributed by atoms with E-state index in [0.29, 0.717) is 6.04 Å². The molecule has 0 bridgehead atoms. The predicted octanol–water partition coefficient (Wildman–Crippen LogP) is 1.31. The molecule has 0 amide bonds. The number of rotatable bonds is 1. The Hall–Kier alpha value is 0.270. The lowest BCUT2D eigenvalue weighted by Gasteiger charge is -2.38. The van der Waals surface area contributed by atoms with Crippen LogP contribution in [0.1, 0.15) is 25.7 Å². The molecule has 0 saturated carbocycles. The molecule has 0 spiro atoms. The third-order valence-corrected chi connectivity index (χ3v) is 4.34. The zero-order valence-electron chi connectivity index (χ0n) is 8.24. The van der Waals surface area contributed by atoms with Crippen LogP contribution in [0.3, 0.4) is 0 Å². The minimum absolute atomic E-state index is 0.445. The summed E-state index contributed by atoms with van der Waals surface area (Å²) in [5, 5.41) is 0. The van der Waals surface area contributed by atoms with E-state index in [0.717, 1.165) is 12.6 Å². The van der Waals surface area contributed by atoms with Gasteiger partial charge in [0.2, 0.25) is 0 Å². The summed E-state index contributed by atoms with van der Waals surface area (Å²) >= 11 is 2.12. The molecule has 2 aliphatic heterocycles. The highest BCUT2D eigenvalue weighted by Gasteiger charge is 2.25. The number of piperidine rings is 1. The van der Waals surface area contributed by atoms with Gasteiger partial charge < -0.3 is 5.73 Å². The second-order valence-corrected chi connectivity index (χ2v) is 5.42. The Morgan fingerprint density at radius 3 is 2.85 bits per heavy atom. The second-order valence-electron chi connectivity index (χ2n) is 4.27. The van der Waals surface area contributed by atoms with E-state index in [1.807, 2.05) is 0 Å². The summed E-state index contributed by atoms with van der Waals surface area (Å²) in [6.45, 7) is 2.43. The maximum absolute atomic E-state index is 5.98. The van der Waals surface area contributed by atoms with Gasteiger partial charge in [-0.2, -0.15) is 11.8 Å². The fourth-order valence-electron chi connectivity index (χ4n) is 2.38. The van der Waals surface area contributed by atoms with Crippen LogP contribution in [0.25, 0.3) is 0 Å². The zero-order valence-corrected chi connectivity index (χ0v) is 9.06. The Morgan fingerprint density at radius 1 is 1.23 bits per heavy atom. The number of hydrogen-bond acceptors (Lipinski definition) is 3. The Labute approximate surface area is 85.2 Å². The topological polar surface area (TPSA) is 29.3 Å². The maximum Gasteiger partial charge on any atom is 0.0187 e. The fourth-order valence-corrected chi connectivity index (χ4v) is 3.57.